The Labute approximate surface area is 185 Å². The third-order valence-corrected chi connectivity index (χ3v) is 6.75. The van der Waals surface area contributed by atoms with Crippen molar-refractivity contribution in [2.45, 2.75) is 64.7 Å². The molecule has 7 nitrogen and oxygen atoms in total. The molecular formula is C24H36N6O. The Morgan fingerprint density at radius 3 is 2.52 bits per heavy atom. The van der Waals surface area contributed by atoms with Gasteiger partial charge in [0.05, 0.1) is 6.20 Å². The Hall–Kier alpha value is -2.25. The first-order valence-corrected chi connectivity index (χ1v) is 11.7. The summed E-state index contributed by atoms with van der Waals surface area (Å²) < 4.78 is 2.04. The molecule has 31 heavy (non-hydrogen) atoms. The zero-order valence-electron chi connectivity index (χ0n) is 18.9. The average molecular weight is 425 g/mol. The van der Waals surface area contributed by atoms with Crippen LogP contribution in [0.2, 0.25) is 0 Å². The number of likely N-dealkylation sites (tertiary alicyclic amines) is 2. The molecule has 2 aromatic heterocycles. The van der Waals surface area contributed by atoms with Gasteiger partial charge in [0, 0.05) is 55.2 Å². The normalized spacial score (nSPS) is 19.7. The summed E-state index contributed by atoms with van der Waals surface area (Å²) in [6.07, 6.45) is 12.1. The van der Waals surface area contributed by atoms with Gasteiger partial charge >= 0.3 is 0 Å². The fourth-order valence-electron chi connectivity index (χ4n) is 4.81. The summed E-state index contributed by atoms with van der Waals surface area (Å²) in [5.74, 6) is 0.339. The molecule has 2 aliphatic heterocycles. The standard InChI is InChI=1S/C24H36N6O/c1-19(2)30-18-21(16-27-30)17-28-10-7-23(8-11-28)29-12-5-22(6-13-29)24(31)26-15-20-4-3-9-25-14-20/h3-4,9,14,16,18-19,22-23H,5-8,10-13,15,17H2,1-2H3,(H,26,31). The maximum atomic E-state index is 12.6. The van der Waals surface area contributed by atoms with E-state index in [9.17, 15) is 4.79 Å². The van der Waals surface area contributed by atoms with Crippen LogP contribution in [0.5, 0.6) is 0 Å². The number of hydrogen-bond donors (Lipinski definition) is 1. The van der Waals surface area contributed by atoms with E-state index in [1.165, 1.54) is 18.4 Å². The summed E-state index contributed by atoms with van der Waals surface area (Å²) in [5.41, 5.74) is 2.36. The first kappa shape index (κ1) is 22.0. The molecule has 0 spiro atoms. The van der Waals surface area contributed by atoms with E-state index in [1.807, 2.05) is 29.2 Å². The van der Waals surface area contributed by atoms with Gasteiger partial charge in [0.25, 0.3) is 0 Å². The van der Waals surface area contributed by atoms with E-state index >= 15 is 0 Å². The quantitative estimate of drug-likeness (QED) is 0.740. The number of aromatic nitrogens is 3. The number of carbonyl (C=O) groups excluding carboxylic acids is 1. The van der Waals surface area contributed by atoms with Gasteiger partial charge in [0.15, 0.2) is 0 Å². The van der Waals surface area contributed by atoms with E-state index in [1.54, 1.807) is 6.20 Å². The van der Waals surface area contributed by atoms with Crippen LogP contribution in [0.3, 0.4) is 0 Å². The summed E-state index contributed by atoms with van der Waals surface area (Å²) in [6, 6.07) is 4.98. The first-order valence-electron chi connectivity index (χ1n) is 11.7. The molecule has 2 aliphatic rings. The molecule has 0 saturated carbocycles. The van der Waals surface area contributed by atoms with Gasteiger partial charge in [0.1, 0.15) is 0 Å². The van der Waals surface area contributed by atoms with Crippen LogP contribution in [-0.4, -0.2) is 62.7 Å². The van der Waals surface area contributed by atoms with Crippen molar-refractivity contribution in [3.8, 4) is 0 Å². The molecule has 0 aliphatic carbocycles. The Balaban J connectivity index is 1.16. The zero-order valence-corrected chi connectivity index (χ0v) is 18.9. The number of carbonyl (C=O) groups is 1. The SMILES string of the molecule is CC(C)n1cc(CN2CCC(N3CCC(C(=O)NCc4cccnc4)CC3)CC2)cn1. The van der Waals surface area contributed by atoms with Crippen LogP contribution in [0, 0.1) is 5.92 Å². The molecule has 0 aromatic carbocycles. The number of pyridine rings is 1. The molecule has 2 fully saturated rings. The fraction of sp³-hybridized carbons (Fsp3) is 0.625. The van der Waals surface area contributed by atoms with Crippen molar-refractivity contribution in [3.05, 3.63) is 48.0 Å². The topological polar surface area (TPSA) is 66.3 Å². The predicted molar refractivity (Wildman–Crippen MR) is 121 cm³/mol. The molecule has 0 bridgehead atoms. The van der Waals surface area contributed by atoms with E-state index in [0.29, 0.717) is 18.6 Å². The van der Waals surface area contributed by atoms with Crippen molar-refractivity contribution < 1.29 is 4.79 Å². The summed E-state index contributed by atoms with van der Waals surface area (Å²) in [4.78, 5) is 21.8. The van der Waals surface area contributed by atoms with Crippen molar-refractivity contribution in [1.82, 2.24) is 29.9 Å². The van der Waals surface area contributed by atoms with Gasteiger partial charge in [-0.05, 0) is 77.3 Å². The minimum Gasteiger partial charge on any atom is -0.352 e. The lowest BCUT2D eigenvalue weighted by Crippen LogP contribution is -2.49. The molecule has 1 amide bonds. The average Bonchev–Trinajstić information content (AvgIpc) is 3.28. The van der Waals surface area contributed by atoms with Gasteiger partial charge in [-0.3, -0.25) is 19.4 Å². The van der Waals surface area contributed by atoms with Crippen molar-refractivity contribution >= 4 is 5.91 Å². The largest absolute Gasteiger partial charge is 0.352 e. The number of nitrogens with zero attached hydrogens (tertiary/aromatic N) is 5. The van der Waals surface area contributed by atoms with Crippen LogP contribution in [0.15, 0.2) is 36.9 Å². The van der Waals surface area contributed by atoms with Gasteiger partial charge in [-0.15, -0.1) is 0 Å². The second-order valence-corrected chi connectivity index (χ2v) is 9.32. The van der Waals surface area contributed by atoms with Gasteiger partial charge in [-0.2, -0.15) is 5.10 Å². The Morgan fingerprint density at radius 1 is 1.10 bits per heavy atom. The first-order chi connectivity index (χ1) is 15.1. The molecule has 7 heteroatoms. The van der Waals surface area contributed by atoms with Crippen LogP contribution >= 0.6 is 0 Å². The smallest absolute Gasteiger partial charge is 0.223 e. The van der Waals surface area contributed by atoms with Crippen molar-refractivity contribution in [2.75, 3.05) is 26.2 Å². The van der Waals surface area contributed by atoms with Gasteiger partial charge in [-0.25, -0.2) is 0 Å². The van der Waals surface area contributed by atoms with Crippen LogP contribution < -0.4 is 5.32 Å². The van der Waals surface area contributed by atoms with E-state index in [2.05, 4.69) is 45.2 Å². The number of rotatable bonds is 7. The van der Waals surface area contributed by atoms with Crippen LogP contribution in [0.1, 0.15) is 56.7 Å². The van der Waals surface area contributed by atoms with Crippen LogP contribution in [0.4, 0.5) is 0 Å². The van der Waals surface area contributed by atoms with Crippen LogP contribution in [-0.2, 0) is 17.9 Å². The molecule has 0 radical (unpaired) electrons. The molecule has 2 saturated heterocycles. The number of amides is 1. The van der Waals surface area contributed by atoms with Crippen LogP contribution in [0.25, 0.3) is 0 Å². The summed E-state index contributed by atoms with van der Waals surface area (Å²) in [6.45, 7) is 10.3. The highest BCUT2D eigenvalue weighted by Crippen LogP contribution is 2.25. The molecule has 4 heterocycles. The van der Waals surface area contributed by atoms with E-state index < -0.39 is 0 Å². The minimum atomic E-state index is 0.144. The third-order valence-electron chi connectivity index (χ3n) is 6.75. The highest BCUT2D eigenvalue weighted by molar-refractivity contribution is 5.78. The van der Waals surface area contributed by atoms with Gasteiger partial charge in [0.2, 0.25) is 5.91 Å². The third kappa shape index (κ3) is 5.92. The van der Waals surface area contributed by atoms with E-state index in [-0.39, 0.29) is 11.8 Å². The molecule has 0 unspecified atom stereocenters. The van der Waals surface area contributed by atoms with Crippen molar-refractivity contribution in [2.24, 2.45) is 5.92 Å². The minimum absolute atomic E-state index is 0.144. The lowest BCUT2D eigenvalue weighted by molar-refractivity contribution is -0.126. The van der Waals surface area contributed by atoms with Gasteiger partial charge in [-0.1, -0.05) is 6.07 Å². The number of hydrogen-bond acceptors (Lipinski definition) is 5. The molecule has 1 N–H and O–H groups in total. The number of piperidine rings is 2. The molecular weight excluding hydrogens is 388 g/mol. The van der Waals surface area contributed by atoms with E-state index in [0.717, 1.165) is 51.1 Å². The van der Waals surface area contributed by atoms with Crippen molar-refractivity contribution in [3.63, 3.8) is 0 Å². The monoisotopic (exact) mass is 424 g/mol. The Bertz CT molecular complexity index is 820. The molecule has 0 atom stereocenters. The zero-order chi connectivity index (χ0) is 21.6. The maximum absolute atomic E-state index is 12.6. The summed E-state index contributed by atoms with van der Waals surface area (Å²) >= 11 is 0. The lowest BCUT2D eigenvalue weighted by atomic mass is 9.92. The fourth-order valence-corrected chi connectivity index (χ4v) is 4.81. The Kier molecular flexibility index (Phi) is 7.35. The summed E-state index contributed by atoms with van der Waals surface area (Å²) in [7, 11) is 0. The molecule has 4 rings (SSSR count). The van der Waals surface area contributed by atoms with E-state index in [4.69, 9.17) is 0 Å². The van der Waals surface area contributed by atoms with Crippen molar-refractivity contribution in [1.29, 1.82) is 0 Å². The highest BCUT2D eigenvalue weighted by atomic mass is 16.1. The van der Waals surface area contributed by atoms with Gasteiger partial charge < -0.3 is 10.2 Å². The molecule has 168 valence electrons. The highest BCUT2D eigenvalue weighted by Gasteiger charge is 2.30. The Morgan fingerprint density at radius 2 is 1.87 bits per heavy atom. The lowest BCUT2D eigenvalue weighted by Gasteiger charge is -2.41. The second-order valence-electron chi connectivity index (χ2n) is 9.32. The maximum Gasteiger partial charge on any atom is 0.223 e. The number of nitrogens with one attached hydrogen (secondary N) is 1. The second kappa shape index (κ2) is 10.4. The molecule has 2 aromatic rings. The predicted octanol–water partition coefficient (Wildman–Crippen LogP) is 2.85. The summed E-state index contributed by atoms with van der Waals surface area (Å²) in [5, 5.41) is 7.56.